The summed E-state index contributed by atoms with van der Waals surface area (Å²) in [6, 6.07) is 5.97. The highest BCUT2D eigenvalue weighted by atomic mass is 19.4. The van der Waals surface area contributed by atoms with Crippen LogP contribution in [0.2, 0.25) is 0 Å². The number of benzene rings is 1. The van der Waals surface area contributed by atoms with Crippen molar-refractivity contribution in [3.8, 4) is 17.0 Å². The van der Waals surface area contributed by atoms with E-state index >= 15 is 0 Å². The van der Waals surface area contributed by atoms with E-state index in [9.17, 15) is 18.3 Å². The van der Waals surface area contributed by atoms with Gasteiger partial charge in [0.25, 0.3) is 0 Å². The Morgan fingerprint density at radius 1 is 1.07 bits per heavy atom. The van der Waals surface area contributed by atoms with Crippen molar-refractivity contribution >= 4 is 0 Å². The Morgan fingerprint density at radius 3 is 2.43 bits per heavy atom. The van der Waals surface area contributed by atoms with Gasteiger partial charge in [-0.15, -0.1) is 13.2 Å². The first-order chi connectivity index (χ1) is 14.4. The van der Waals surface area contributed by atoms with Crippen LogP contribution in [0.4, 0.5) is 13.2 Å². The first kappa shape index (κ1) is 19.9. The number of fused-ring (bicyclic) bond motifs is 2. The monoisotopic (exact) mass is 423 g/mol. The van der Waals surface area contributed by atoms with E-state index in [1.165, 1.54) is 12.1 Å². The summed E-state index contributed by atoms with van der Waals surface area (Å²) in [5.74, 6) is 1.19. The summed E-state index contributed by atoms with van der Waals surface area (Å²) in [7, 11) is 0. The van der Waals surface area contributed by atoms with Crippen molar-refractivity contribution in [3.63, 3.8) is 0 Å². The number of aromatic nitrogens is 1. The van der Waals surface area contributed by atoms with Gasteiger partial charge in [0.1, 0.15) is 17.2 Å². The van der Waals surface area contributed by atoms with Crippen LogP contribution >= 0.6 is 0 Å². The smallest absolute Gasteiger partial charge is 0.405 e. The number of hydrogen-bond acceptors (Lipinski definition) is 5. The predicted molar refractivity (Wildman–Crippen MR) is 101 cm³/mol. The van der Waals surface area contributed by atoms with Crippen molar-refractivity contribution in [2.24, 2.45) is 11.8 Å². The number of para-hydroxylation sites is 1. The molecule has 1 N–H and O–H groups in total. The minimum atomic E-state index is -4.79. The molecule has 2 bridgehead atoms. The number of aliphatic hydroxyl groups is 1. The highest BCUT2D eigenvalue weighted by Gasteiger charge is 2.42. The van der Waals surface area contributed by atoms with Crippen molar-refractivity contribution in [1.82, 2.24) is 5.16 Å². The molecule has 3 saturated carbocycles. The standard InChI is InChI=1S/C22H24F3NO4/c23-22(24,25)29-18-4-2-1-3-16(18)19-17(21(30-26-19)12-5-6-12)11-28-15-9-13-7-8-14(10-15)20(13)27/h1-4,12-15,20,27H,5-11H2. The lowest BCUT2D eigenvalue weighted by Gasteiger charge is -2.32. The number of nitrogens with zero attached hydrogens (tertiary/aromatic N) is 1. The van der Waals surface area contributed by atoms with Crippen LogP contribution in [0.5, 0.6) is 5.75 Å². The van der Waals surface area contributed by atoms with Gasteiger partial charge < -0.3 is 19.1 Å². The largest absolute Gasteiger partial charge is 0.573 e. The van der Waals surface area contributed by atoms with Gasteiger partial charge in [-0.25, -0.2) is 0 Å². The molecule has 1 aromatic carbocycles. The summed E-state index contributed by atoms with van der Waals surface area (Å²) < 4.78 is 54.6. The van der Waals surface area contributed by atoms with E-state index in [2.05, 4.69) is 9.89 Å². The topological polar surface area (TPSA) is 64.7 Å². The molecule has 0 saturated heterocycles. The lowest BCUT2D eigenvalue weighted by atomic mass is 9.84. The summed E-state index contributed by atoms with van der Waals surface area (Å²) in [5.41, 5.74) is 1.29. The molecule has 5 nitrogen and oxygen atoms in total. The fourth-order valence-corrected chi connectivity index (χ4v) is 4.99. The first-order valence-electron chi connectivity index (χ1n) is 10.5. The molecule has 1 aromatic heterocycles. The van der Waals surface area contributed by atoms with E-state index < -0.39 is 6.36 Å². The molecule has 3 fully saturated rings. The molecular formula is C22H24F3NO4. The number of aliphatic hydroxyl groups excluding tert-OH is 1. The minimum absolute atomic E-state index is 0.0300. The molecule has 0 radical (unpaired) electrons. The molecule has 8 heteroatoms. The Hall–Kier alpha value is -2.06. The maximum atomic E-state index is 12.9. The predicted octanol–water partition coefficient (Wildman–Crippen LogP) is 5.18. The zero-order valence-electron chi connectivity index (χ0n) is 16.4. The van der Waals surface area contributed by atoms with E-state index in [1.807, 2.05) is 0 Å². The SMILES string of the molecule is OC1C2CCC1CC(OCc1c(-c3ccccc3OC(F)(F)F)noc1C1CC1)C2. The average Bonchev–Trinajstić information content (AvgIpc) is 3.42. The highest BCUT2D eigenvalue weighted by Crippen LogP contribution is 2.47. The summed E-state index contributed by atoms with van der Waals surface area (Å²) >= 11 is 0. The van der Waals surface area contributed by atoms with Crippen molar-refractivity contribution in [2.75, 3.05) is 0 Å². The van der Waals surface area contributed by atoms with Crippen LogP contribution in [0.3, 0.4) is 0 Å². The lowest BCUT2D eigenvalue weighted by Crippen LogP contribution is -2.34. The molecule has 30 heavy (non-hydrogen) atoms. The molecule has 3 aliphatic rings. The average molecular weight is 423 g/mol. The van der Waals surface area contributed by atoms with Crippen LogP contribution in [-0.2, 0) is 11.3 Å². The van der Waals surface area contributed by atoms with Gasteiger partial charge in [0.05, 0.1) is 18.8 Å². The van der Waals surface area contributed by atoms with E-state index in [0.29, 0.717) is 17.0 Å². The minimum Gasteiger partial charge on any atom is -0.405 e. The molecule has 162 valence electrons. The zero-order chi connectivity index (χ0) is 20.9. The molecular weight excluding hydrogens is 399 g/mol. The summed E-state index contributed by atoms with van der Waals surface area (Å²) in [6.45, 7) is 0.227. The normalized spacial score (nSPS) is 28.7. The lowest BCUT2D eigenvalue weighted by molar-refractivity contribution is -0.274. The van der Waals surface area contributed by atoms with Gasteiger partial charge in [-0.3, -0.25) is 0 Å². The Morgan fingerprint density at radius 2 is 1.77 bits per heavy atom. The second kappa shape index (κ2) is 7.57. The third-order valence-electron chi connectivity index (χ3n) is 6.60. The van der Waals surface area contributed by atoms with Crippen LogP contribution in [-0.4, -0.2) is 28.8 Å². The van der Waals surface area contributed by atoms with Gasteiger partial charge in [-0.2, -0.15) is 0 Å². The summed E-state index contributed by atoms with van der Waals surface area (Å²) in [4.78, 5) is 0. The molecule has 0 amide bonds. The third-order valence-corrected chi connectivity index (χ3v) is 6.60. The zero-order valence-corrected chi connectivity index (χ0v) is 16.4. The van der Waals surface area contributed by atoms with Gasteiger partial charge >= 0.3 is 6.36 Å². The number of hydrogen-bond donors (Lipinski definition) is 1. The maximum absolute atomic E-state index is 12.9. The molecule has 2 unspecified atom stereocenters. The Bertz CT molecular complexity index is 894. The quantitative estimate of drug-likeness (QED) is 0.693. The van der Waals surface area contributed by atoms with E-state index in [4.69, 9.17) is 9.26 Å². The van der Waals surface area contributed by atoms with Gasteiger partial charge in [0, 0.05) is 17.0 Å². The van der Waals surface area contributed by atoms with Crippen LogP contribution in [0.15, 0.2) is 28.8 Å². The number of rotatable bonds is 6. The molecule has 5 rings (SSSR count). The summed E-state index contributed by atoms with van der Waals surface area (Å²) in [6.07, 6.45) is 0.629. The van der Waals surface area contributed by atoms with Crippen molar-refractivity contribution in [2.45, 2.75) is 69.6 Å². The molecule has 2 aromatic rings. The van der Waals surface area contributed by atoms with Crippen LogP contribution in [0.1, 0.15) is 55.8 Å². The van der Waals surface area contributed by atoms with Crippen molar-refractivity contribution in [1.29, 1.82) is 0 Å². The third kappa shape index (κ3) is 3.95. The second-order valence-electron chi connectivity index (χ2n) is 8.68. The van der Waals surface area contributed by atoms with Crippen molar-refractivity contribution in [3.05, 3.63) is 35.6 Å². The van der Waals surface area contributed by atoms with Crippen LogP contribution < -0.4 is 4.74 Å². The number of ether oxygens (including phenoxy) is 2. The Labute approximate surface area is 172 Å². The van der Waals surface area contributed by atoms with Gasteiger partial charge in [0.15, 0.2) is 0 Å². The van der Waals surface area contributed by atoms with E-state index in [1.54, 1.807) is 12.1 Å². The van der Waals surface area contributed by atoms with E-state index in [0.717, 1.165) is 38.5 Å². The molecule has 3 aliphatic carbocycles. The number of alkyl halides is 3. The van der Waals surface area contributed by atoms with Crippen LogP contribution in [0, 0.1) is 11.8 Å². The van der Waals surface area contributed by atoms with Gasteiger partial charge in [-0.1, -0.05) is 17.3 Å². The molecule has 0 aliphatic heterocycles. The Balaban J connectivity index is 1.40. The fraction of sp³-hybridized carbons (Fsp3) is 0.591. The Kier molecular flexibility index (Phi) is 5.01. The molecule has 0 spiro atoms. The van der Waals surface area contributed by atoms with Crippen LogP contribution in [0.25, 0.3) is 11.3 Å². The summed E-state index contributed by atoms with van der Waals surface area (Å²) in [5, 5.41) is 14.3. The van der Waals surface area contributed by atoms with Crippen molar-refractivity contribution < 1.29 is 32.3 Å². The maximum Gasteiger partial charge on any atom is 0.573 e. The number of halogens is 3. The van der Waals surface area contributed by atoms with Gasteiger partial charge in [0.2, 0.25) is 0 Å². The second-order valence-corrected chi connectivity index (χ2v) is 8.68. The molecule has 1 heterocycles. The van der Waals surface area contributed by atoms with Gasteiger partial charge in [-0.05, 0) is 62.5 Å². The fourth-order valence-electron chi connectivity index (χ4n) is 4.99. The highest BCUT2D eigenvalue weighted by molar-refractivity contribution is 5.70. The van der Waals surface area contributed by atoms with E-state index in [-0.39, 0.29) is 47.9 Å². The first-order valence-corrected chi connectivity index (χ1v) is 10.5. The molecule has 2 atom stereocenters.